The van der Waals surface area contributed by atoms with Crippen LogP contribution in [0.2, 0.25) is 0 Å². The van der Waals surface area contributed by atoms with Crippen LogP contribution in [0, 0.1) is 6.92 Å². The van der Waals surface area contributed by atoms with Gasteiger partial charge in [0, 0.05) is 51.8 Å². The highest BCUT2D eigenvalue weighted by Gasteiger charge is 2.23. The largest absolute Gasteiger partial charge is 0.355 e. The van der Waals surface area contributed by atoms with E-state index < -0.39 is 10.0 Å². The van der Waals surface area contributed by atoms with Crippen LogP contribution in [0.1, 0.15) is 11.1 Å². The van der Waals surface area contributed by atoms with Crippen molar-refractivity contribution in [3.8, 4) is 0 Å². The van der Waals surface area contributed by atoms with Crippen LogP contribution in [0.3, 0.4) is 0 Å². The van der Waals surface area contributed by atoms with Crippen LogP contribution in [-0.2, 0) is 16.6 Å². The molecule has 1 N–H and O–H groups in total. The zero-order valence-corrected chi connectivity index (χ0v) is 19.6. The van der Waals surface area contributed by atoms with E-state index in [1.165, 1.54) is 11.1 Å². The van der Waals surface area contributed by atoms with Crippen LogP contribution >= 0.6 is 35.7 Å². The molecule has 1 saturated heterocycles. The summed E-state index contributed by atoms with van der Waals surface area (Å²) in [5, 5.41) is 3.17. The molecule has 0 aromatic heterocycles. The third-order valence-corrected chi connectivity index (χ3v) is 7.06. The van der Waals surface area contributed by atoms with Crippen molar-refractivity contribution in [3.05, 3.63) is 35.4 Å². The number of rotatable bonds is 6. The van der Waals surface area contributed by atoms with E-state index in [1.807, 2.05) is 24.1 Å². The van der Waals surface area contributed by atoms with Gasteiger partial charge in [0.25, 0.3) is 0 Å². The van der Waals surface area contributed by atoms with Gasteiger partial charge in [-0.05, 0) is 18.1 Å². The van der Waals surface area contributed by atoms with E-state index in [-0.39, 0.29) is 29.7 Å². The highest BCUT2D eigenvalue weighted by atomic mass is 127. The molecule has 1 aromatic rings. The van der Waals surface area contributed by atoms with E-state index in [1.54, 1.807) is 23.1 Å². The number of nitrogens with zero attached hydrogens (tertiary/aromatic N) is 3. The predicted molar refractivity (Wildman–Crippen MR) is 122 cm³/mol. The lowest BCUT2D eigenvalue weighted by Crippen LogP contribution is -2.44. The first-order valence-corrected chi connectivity index (χ1v) is 11.2. The number of aliphatic imine (C=N–C) groups is 1. The third-order valence-electron chi connectivity index (χ3n) is 4.25. The lowest BCUT2D eigenvalue weighted by atomic mass is 10.1. The lowest BCUT2D eigenvalue weighted by molar-refractivity contribution is 0.442. The molecule has 0 amide bonds. The van der Waals surface area contributed by atoms with Gasteiger partial charge < -0.3 is 10.2 Å². The third kappa shape index (κ3) is 6.90. The topological polar surface area (TPSA) is 65.0 Å². The van der Waals surface area contributed by atoms with Crippen molar-refractivity contribution in [1.29, 1.82) is 0 Å². The number of benzene rings is 1. The van der Waals surface area contributed by atoms with Crippen LogP contribution < -0.4 is 5.32 Å². The van der Waals surface area contributed by atoms with Crippen LogP contribution in [0.5, 0.6) is 0 Å². The van der Waals surface area contributed by atoms with Crippen molar-refractivity contribution in [1.82, 2.24) is 14.5 Å². The minimum Gasteiger partial charge on any atom is -0.355 e. The Morgan fingerprint density at radius 1 is 1.31 bits per heavy atom. The quantitative estimate of drug-likeness (QED) is 0.359. The molecular formula is C17H29IN4O2S2. The number of hydrogen-bond acceptors (Lipinski definition) is 4. The van der Waals surface area contributed by atoms with Crippen molar-refractivity contribution < 1.29 is 8.42 Å². The number of hydrogen-bond donors (Lipinski definition) is 1. The van der Waals surface area contributed by atoms with Crippen molar-refractivity contribution in [2.24, 2.45) is 4.99 Å². The molecule has 148 valence electrons. The second kappa shape index (κ2) is 11.4. The fourth-order valence-corrected chi connectivity index (χ4v) is 5.24. The van der Waals surface area contributed by atoms with Gasteiger partial charge in [0.1, 0.15) is 0 Å². The summed E-state index contributed by atoms with van der Waals surface area (Å²) in [6.07, 6.45) is 0. The highest BCUT2D eigenvalue weighted by molar-refractivity contribution is 14.0. The van der Waals surface area contributed by atoms with Gasteiger partial charge in [0.2, 0.25) is 10.0 Å². The van der Waals surface area contributed by atoms with Crippen LogP contribution in [0.25, 0.3) is 0 Å². The van der Waals surface area contributed by atoms with Gasteiger partial charge in [-0.3, -0.25) is 4.99 Å². The normalized spacial score (nSPS) is 16.0. The Morgan fingerprint density at radius 3 is 2.58 bits per heavy atom. The molecule has 0 atom stereocenters. The van der Waals surface area contributed by atoms with Crippen molar-refractivity contribution >= 4 is 51.7 Å². The Labute approximate surface area is 178 Å². The Balaban J connectivity index is 0.00000338. The minimum atomic E-state index is -3.19. The summed E-state index contributed by atoms with van der Waals surface area (Å²) in [5.74, 6) is 2.56. The number of thioether (sulfide) groups is 1. The molecule has 0 spiro atoms. The second-order valence-corrected chi connectivity index (χ2v) is 9.40. The molecular weight excluding hydrogens is 483 g/mol. The summed E-state index contributed by atoms with van der Waals surface area (Å²) >= 11 is 1.81. The van der Waals surface area contributed by atoms with Gasteiger partial charge in [-0.25, -0.2) is 12.7 Å². The maximum absolute atomic E-state index is 12.4. The lowest BCUT2D eigenvalue weighted by Gasteiger charge is -2.26. The summed E-state index contributed by atoms with van der Waals surface area (Å²) < 4.78 is 26.4. The molecule has 1 aliphatic rings. The average molecular weight is 512 g/mol. The predicted octanol–water partition coefficient (Wildman–Crippen LogP) is 2.00. The molecule has 1 heterocycles. The molecule has 2 rings (SSSR count). The average Bonchev–Trinajstić information content (AvgIpc) is 2.61. The Bertz CT molecular complexity index is 692. The molecule has 0 radical (unpaired) electrons. The maximum atomic E-state index is 12.4. The van der Waals surface area contributed by atoms with E-state index >= 15 is 0 Å². The van der Waals surface area contributed by atoms with Crippen molar-refractivity contribution in [3.63, 3.8) is 0 Å². The molecule has 0 aliphatic carbocycles. The van der Waals surface area contributed by atoms with E-state index in [4.69, 9.17) is 0 Å². The van der Waals surface area contributed by atoms with Crippen LogP contribution in [-0.4, -0.2) is 74.6 Å². The van der Waals surface area contributed by atoms with Gasteiger partial charge in [-0.15, -0.1) is 24.0 Å². The number of nitrogens with one attached hydrogen (secondary N) is 1. The summed E-state index contributed by atoms with van der Waals surface area (Å²) in [6.45, 7) is 4.41. The van der Waals surface area contributed by atoms with E-state index in [0.29, 0.717) is 25.6 Å². The van der Waals surface area contributed by atoms with Gasteiger partial charge in [0.15, 0.2) is 5.96 Å². The van der Waals surface area contributed by atoms with Crippen LogP contribution in [0.4, 0.5) is 0 Å². The summed E-state index contributed by atoms with van der Waals surface area (Å²) in [4.78, 5) is 6.27. The smallest absolute Gasteiger partial charge is 0.215 e. The molecule has 0 saturated carbocycles. The first kappa shape index (κ1) is 23.5. The monoisotopic (exact) mass is 512 g/mol. The SMILES string of the molecule is CN=C(NCCS(=O)(=O)N1CCSCC1)N(C)Cc1ccccc1C.I. The Hall–Kier alpha value is -0.520. The van der Waals surface area contributed by atoms with E-state index in [0.717, 1.165) is 18.1 Å². The summed E-state index contributed by atoms with van der Waals surface area (Å²) in [7, 11) is 0.477. The molecule has 9 heteroatoms. The summed E-state index contributed by atoms with van der Waals surface area (Å²) in [5.41, 5.74) is 2.46. The Kier molecular flexibility index (Phi) is 10.3. The van der Waals surface area contributed by atoms with Gasteiger partial charge >= 0.3 is 0 Å². The number of halogens is 1. The first-order chi connectivity index (χ1) is 11.9. The molecule has 1 fully saturated rings. The molecule has 0 unspecified atom stereocenters. The standard InChI is InChI=1S/C17H28N4O2S2.HI/c1-15-6-4-5-7-16(15)14-20(3)17(18-2)19-8-13-25(22,23)21-9-11-24-12-10-21;/h4-7H,8-14H2,1-3H3,(H,18,19);1H. The molecule has 0 bridgehead atoms. The minimum absolute atomic E-state index is 0. The first-order valence-electron chi connectivity index (χ1n) is 8.46. The zero-order valence-electron chi connectivity index (χ0n) is 15.6. The molecule has 26 heavy (non-hydrogen) atoms. The molecule has 1 aliphatic heterocycles. The molecule has 1 aromatic carbocycles. The number of sulfonamides is 1. The van der Waals surface area contributed by atoms with Crippen molar-refractivity contribution in [2.45, 2.75) is 13.5 Å². The zero-order chi connectivity index (χ0) is 18.3. The maximum Gasteiger partial charge on any atom is 0.215 e. The fraction of sp³-hybridized carbons (Fsp3) is 0.588. The van der Waals surface area contributed by atoms with Gasteiger partial charge in [-0.2, -0.15) is 11.8 Å². The fourth-order valence-electron chi connectivity index (χ4n) is 2.75. The van der Waals surface area contributed by atoms with Gasteiger partial charge in [-0.1, -0.05) is 24.3 Å². The van der Waals surface area contributed by atoms with Gasteiger partial charge in [0.05, 0.1) is 5.75 Å². The van der Waals surface area contributed by atoms with E-state index in [9.17, 15) is 8.42 Å². The second-order valence-electron chi connectivity index (χ2n) is 6.08. The molecule has 6 nitrogen and oxygen atoms in total. The van der Waals surface area contributed by atoms with Crippen LogP contribution in [0.15, 0.2) is 29.3 Å². The highest BCUT2D eigenvalue weighted by Crippen LogP contribution is 2.13. The Morgan fingerprint density at radius 2 is 1.96 bits per heavy atom. The van der Waals surface area contributed by atoms with E-state index in [2.05, 4.69) is 29.4 Å². The van der Waals surface area contributed by atoms with Crippen molar-refractivity contribution in [2.75, 3.05) is 51.0 Å². The summed E-state index contributed by atoms with van der Waals surface area (Å²) in [6, 6.07) is 8.23. The number of aryl methyl sites for hydroxylation is 1. The number of guanidine groups is 1.